The third-order valence-electron chi connectivity index (χ3n) is 4.35. The van der Waals surface area contributed by atoms with Gasteiger partial charge in [-0.1, -0.05) is 41.4 Å². The molecule has 0 radical (unpaired) electrons. The van der Waals surface area contributed by atoms with Gasteiger partial charge in [-0.25, -0.2) is 9.18 Å². The van der Waals surface area contributed by atoms with Crippen molar-refractivity contribution in [1.82, 2.24) is 0 Å². The number of methoxy groups -OCH3 is 1. The van der Waals surface area contributed by atoms with E-state index in [1.54, 1.807) is 12.1 Å². The van der Waals surface area contributed by atoms with Gasteiger partial charge in [0.15, 0.2) is 11.5 Å². The molecule has 3 aromatic rings. The minimum absolute atomic E-state index is 0.113. The minimum atomic E-state index is -1.05. The molecule has 0 aromatic heterocycles. The van der Waals surface area contributed by atoms with Crippen molar-refractivity contribution in [3.05, 3.63) is 87.2 Å². The highest BCUT2D eigenvalue weighted by Crippen LogP contribution is 2.34. The number of aromatic carboxylic acids is 1. The number of ether oxygens (including phenoxy) is 2. The number of benzene rings is 3. The van der Waals surface area contributed by atoms with Gasteiger partial charge in [-0.3, -0.25) is 0 Å². The van der Waals surface area contributed by atoms with Crippen molar-refractivity contribution >= 4 is 34.9 Å². The number of halogens is 3. The fourth-order valence-electron chi connectivity index (χ4n) is 2.80. The van der Waals surface area contributed by atoms with Crippen LogP contribution in [0, 0.1) is 5.82 Å². The van der Waals surface area contributed by atoms with Crippen molar-refractivity contribution in [3.8, 4) is 11.5 Å². The number of carbonyl (C=O) groups is 1. The van der Waals surface area contributed by atoms with Crippen LogP contribution in [0.15, 0.2) is 54.6 Å². The van der Waals surface area contributed by atoms with Crippen LogP contribution in [-0.4, -0.2) is 18.2 Å². The molecule has 0 heterocycles. The van der Waals surface area contributed by atoms with Gasteiger partial charge in [-0.15, -0.1) is 0 Å². The molecule has 0 saturated heterocycles. The molecule has 0 atom stereocenters. The van der Waals surface area contributed by atoms with Gasteiger partial charge in [0.25, 0.3) is 0 Å². The SMILES string of the molecule is COc1cccc(CNc2cc(C(=O)O)ccc2Cl)c1OCc1ccc(F)cc1Cl. The second kappa shape index (κ2) is 9.69. The van der Waals surface area contributed by atoms with Crippen LogP contribution in [0.25, 0.3) is 0 Å². The molecule has 30 heavy (non-hydrogen) atoms. The van der Waals surface area contributed by atoms with E-state index < -0.39 is 11.8 Å². The number of rotatable bonds is 8. The highest BCUT2D eigenvalue weighted by atomic mass is 35.5. The van der Waals surface area contributed by atoms with Crippen LogP contribution < -0.4 is 14.8 Å². The van der Waals surface area contributed by atoms with E-state index in [9.17, 15) is 14.3 Å². The zero-order valence-corrected chi connectivity index (χ0v) is 17.4. The summed E-state index contributed by atoms with van der Waals surface area (Å²) >= 11 is 12.3. The third-order valence-corrected chi connectivity index (χ3v) is 5.03. The summed E-state index contributed by atoms with van der Waals surface area (Å²) in [4.78, 5) is 11.2. The Labute approximate surface area is 183 Å². The summed E-state index contributed by atoms with van der Waals surface area (Å²) in [5.41, 5.74) is 1.98. The number of para-hydroxylation sites is 1. The smallest absolute Gasteiger partial charge is 0.335 e. The molecule has 0 unspecified atom stereocenters. The second-order valence-corrected chi connectivity index (χ2v) is 7.14. The lowest BCUT2D eigenvalue weighted by atomic mass is 10.1. The lowest BCUT2D eigenvalue weighted by Crippen LogP contribution is -2.06. The summed E-state index contributed by atoms with van der Waals surface area (Å²) in [5, 5.41) is 13.0. The first-order chi connectivity index (χ1) is 14.4. The van der Waals surface area contributed by atoms with Gasteiger partial charge in [0.2, 0.25) is 0 Å². The fraction of sp³-hybridized carbons (Fsp3) is 0.136. The normalized spacial score (nSPS) is 10.5. The van der Waals surface area contributed by atoms with Crippen molar-refractivity contribution in [2.24, 2.45) is 0 Å². The maximum absolute atomic E-state index is 13.3. The van der Waals surface area contributed by atoms with Crippen LogP contribution in [0.2, 0.25) is 10.0 Å². The molecular weight excluding hydrogens is 432 g/mol. The predicted octanol–water partition coefficient (Wildman–Crippen LogP) is 6.03. The lowest BCUT2D eigenvalue weighted by molar-refractivity contribution is 0.0697. The second-order valence-electron chi connectivity index (χ2n) is 6.33. The number of carboxylic acids is 1. The lowest BCUT2D eigenvalue weighted by Gasteiger charge is -2.17. The highest BCUT2D eigenvalue weighted by molar-refractivity contribution is 6.33. The molecule has 0 aliphatic heterocycles. The van der Waals surface area contributed by atoms with E-state index >= 15 is 0 Å². The molecule has 2 N–H and O–H groups in total. The number of nitrogens with one attached hydrogen (secondary N) is 1. The van der Waals surface area contributed by atoms with Gasteiger partial charge in [0.05, 0.1) is 28.4 Å². The molecule has 0 bridgehead atoms. The van der Waals surface area contributed by atoms with Gasteiger partial charge >= 0.3 is 5.97 Å². The molecular formula is C22H18Cl2FNO4. The Morgan fingerprint density at radius 3 is 2.57 bits per heavy atom. The zero-order valence-electron chi connectivity index (χ0n) is 15.9. The monoisotopic (exact) mass is 449 g/mol. The van der Waals surface area contributed by atoms with E-state index in [1.807, 2.05) is 12.1 Å². The van der Waals surface area contributed by atoms with Gasteiger partial charge in [0, 0.05) is 17.7 Å². The first-order valence-electron chi connectivity index (χ1n) is 8.88. The van der Waals surface area contributed by atoms with Crippen molar-refractivity contribution in [3.63, 3.8) is 0 Å². The molecule has 0 aliphatic rings. The molecule has 3 rings (SSSR count). The van der Waals surface area contributed by atoms with Crippen LogP contribution in [0.4, 0.5) is 10.1 Å². The maximum atomic E-state index is 13.3. The average molecular weight is 450 g/mol. The van der Waals surface area contributed by atoms with Gasteiger partial charge < -0.3 is 19.9 Å². The van der Waals surface area contributed by atoms with Crippen molar-refractivity contribution < 1.29 is 23.8 Å². The number of anilines is 1. The average Bonchev–Trinajstić information content (AvgIpc) is 2.72. The minimum Gasteiger partial charge on any atom is -0.493 e. The van der Waals surface area contributed by atoms with E-state index in [1.165, 1.54) is 37.4 Å². The molecule has 0 saturated carbocycles. The van der Waals surface area contributed by atoms with E-state index in [0.29, 0.717) is 34.3 Å². The van der Waals surface area contributed by atoms with Crippen molar-refractivity contribution in [2.75, 3.05) is 12.4 Å². The van der Waals surface area contributed by atoms with Crippen LogP contribution >= 0.6 is 23.2 Å². The molecule has 3 aromatic carbocycles. The van der Waals surface area contributed by atoms with Crippen LogP contribution in [0.5, 0.6) is 11.5 Å². The molecule has 0 fully saturated rings. The van der Waals surface area contributed by atoms with Crippen LogP contribution in [0.3, 0.4) is 0 Å². The van der Waals surface area contributed by atoms with E-state index in [-0.39, 0.29) is 17.2 Å². The standard InChI is InChI=1S/C22H18Cl2FNO4/c1-29-20-4-2-3-14(11-26-19-9-13(22(27)28)6-8-17(19)23)21(20)30-12-15-5-7-16(25)10-18(15)24/h2-10,26H,11-12H2,1H3,(H,27,28). The third kappa shape index (κ3) is 5.14. The molecule has 5 nitrogen and oxygen atoms in total. The number of carboxylic acid groups (broad SMARTS) is 1. The molecule has 0 aliphatic carbocycles. The topological polar surface area (TPSA) is 67.8 Å². The van der Waals surface area contributed by atoms with Crippen molar-refractivity contribution in [1.29, 1.82) is 0 Å². The summed E-state index contributed by atoms with van der Waals surface area (Å²) in [6.07, 6.45) is 0. The maximum Gasteiger partial charge on any atom is 0.335 e. The number of hydrogen-bond acceptors (Lipinski definition) is 4. The quantitative estimate of drug-likeness (QED) is 0.439. The van der Waals surface area contributed by atoms with Crippen LogP contribution in [0.1, 0.15) is 21.5 Å². The Morgan fingerprint density at radius 2 is 1.87 bits per heavy atom. The summed E-state index contributed by atoms with van der Waals surface area (Å²) in [6.45, 7) is 0.411. The summed E-state index contributed by atoms with van der Waals surface area (Å²) in [6, 6.07) is 13.9. The molecule has 0 amide bonds. The molecule has 8 heteroatoms. The van der Waals surface area contributed by atoms with Crippen LogP contribution in [-0.2, 0) is 13.2 Å². The molecule has 0 spiro atoms. The largest absolute Gasteiger partial charge is 0.493 e. The van der Waals surface area contributed by atoms with Crippen molar-refractivity contribution in [2.45, 2.75) is 13.2 Å². The summed E-state index contributed by atoms with van der Waals surface area (Å²) < 4.78 is 24.6. The molecule has 156 valence electrons. The fourth-order valence-corrected chi connectivity index (χ4v) is 3.20. The van der Waals surface area contributed by atoms with E-state index in [4.69, 9.17) is 32.7 Å². The Kier molecular flexibility index (Phi) is 7.03. The van der Waals surface area contributed by atoms with E-state index in [2.05, 4.69) is 5.32 Å². The summed E-state index contributed by atoms with van der Waals surface area (Å²) in [7, 11) is 1.53. The number of hydrogen-bond donors (Lipinski definition) is 2. The van der Waals surface area contributed by atoms with Gasteiger partial charge in [-0.05, 0) is 36.4 Å². The zero-order chi connectivity index (χ0) is 21.7. The van der Waals surface area contributed by atoms with E-state index in [0.717, 1.165) is 5.56 Å². The van der Waals surface area contributed by atoms with Gasteiger partial charge in [0.1, 0.15) is 12.4 Å². The Hall–Kier alpha value is -2.96. The Bertz CT molecular complexity index is 1070. The summed E-state index contributed by atoms with van der Waals surface area (Å²) in [5.74, 6) is -0.473. The Morgan fingerprint density at radius 1 is 1.07 bits per heavy atom. The first kappa shape index (κ1) is 21.7. The van der Waals surface area contributed by atoms with Gasteiger partial charge in [-0.2, -0.15) is 0 Å². The Balaban J connectivity index is 1.82. The first-order valence-corrected chi connectivity index (χ1v) is 9.64. The predicted molar refractivity (Wildman–Crippen MR) is 114 cm³/mol. The highest BCUT2D eigenvalue weighted by Gasteiger charge is 2.14.